The van der Waals surface area contributed by atoms with Crippen LogP contribution in [0.4, 0.5) is 0 Å². The molecule has 6 heteroatoms. The molecule has 0 heterocycles. The van der Waals surface area contributed by atoms with E-state index in [9.17, 15) is 8.42 Å². The van der Waals surface area contributed by atoms with Gasteiger partial charge in [0.2, 0.25) is 10.0 Å². The molecule has 0 radical (unpaired) electrons. The quantitative estimate of drug-likeness (QED) is 0.784. The van der Waals surface area contributed by atoms with Gasteiger partial charge in [0.05, 0.1) is 4.90 Å². The lowest BCUT2D eigenvalue weighted by Crippen LogP contribution is -2.51. The van der Waals surface area contributed by atoms with E-state index in [1.165, 1.54) is 0 Å². The van der Waals surface area contributed by atoms with Crippen molar-refractivity contribution in [3.05, 3.63) is 27.8 Å². The molecular weight excluding hydrogens is 363 g/mol. The summed E-state index contributed by atoms with van der Waals surface area (Å²) in [6.45, 7) is 0.357. The molecule has 3 N–H and O–H groups in total. The third-order valence-electron chi connectivity index (χ3n) is 3.41. The van der Waals surface area contributed by atoms with Crippen molar-refractivity contribution < 1.29 is 8.42 Å². The second-order valence-electron chi connectivity index (χ2n) is 4.75. The fourth-order valence-corrected chi connectivity index (χ4v) is 4.65. The van der Waals surface area contributed by atoms with Crippen molar-refractivity contribution in [2.24, 2.45) is 5.73 Å². The van der Waals surface area contributed by atoms with Crippen molar-refractivity contribution in [2.45, 2.75) is 36.1 Å². The van der Waals surface area contributed by atoms with Gasteiger partial charge < -0.3 is 5.73 Å². The van der Waals surface area contributed by atoms with E-state index in [4.69, 9.17) is 5.73 Å². The molecule has 0 aromatic heterocycles. The van der Waals surface area contributed by atoms with Crippen LogP contribution in [0.25, 0.3) is 0 Å². The summed E-state index contributed by atoms with van der Waals surface area (Å²) < 4.78 is 28.4. The zero-order valence-corrected chi connectivity index (χ0v) is 13.0. The summed E-state index contributed by atoms with van der Waals surface area (Å²) in [5, 5.41) is 0. The van der Waals surface area contributed by atoms with Gasteiger partial charge in [-0.05, 0) is 53.6 Å². The first kappa shape index (κ1) is 14.2. The molecule has 0 atom stereocenters. The molecule has 1 aromatic rings. The van der Waals surface area contributed by atoms with Crippen molar-refractivity contribution >= 4 is 32.6 Å². The van der Waals surface area contributed by atoms with Crippen molar-refractivity contribution in [3.63, 3.8) is 0 Å². The Kier molecular flexibility index (Phi) is 4.30. The van der Waals surface area contributed by atoms with Crippen LogP contribution in [0.5, 0.6) is 0 Å². The maximum Gasteiger partial charge on any atom is 0.241 e. The summed E-state index contributed by atoms with van der Waals surface area (Å²) in [5.41, 5.74) is 5.31. The molecule has 100 valence electrons. The highest BCUT2D eigenvalue weighted by molar-refractivity contribution is 14.1. The molecule has 2 rings (SSSR count). The van der Waals surface area contributed by atoms with E-state index in [2.05, 4.69) is 27.3 Å². The average molecular weight is 380 g/mol. The first-order valence-electron chi connectivity index (χ1n) is 5.97. The molecule has 1 fully saturated rings. The van der Waals surface area contributed by atoms with Crippen LogP contribution in [0.15, 0.2) is 29.2 Å². The Bertz CT molecular complexity index is 525. The Morgan fingerprint density at radius 2 is 2.00 bits per heavy atom. The molecule has 0 saturated heterocycles. The number of benzene rings is 1. The molecular formula is C12H17IN2O2S. The summed E-state index contributed by atoms with van der Waals surface area (Å²) in [7, 11) is -3.47. The number of nitrogens with one attached hydrogen (secondary N) is 1. The van der Waals surface area contributed by atoms with E-state index < -0.39 is 15.6 Å². The van der Waals surface area contributed by atoms with Gasteiger partial charge in [-0.3, -0.25) is 0 Å². The zero-order valence-electron chi connectivity index (χ0n) is 10.0. The molecule has 1 aromatic carbocycles. The molecule has 0 unspecified atom stereocenters. The fraction of sp³-hybridized carbons (Fsp3) is 0.500. The molecule has 0 spiro atoms. The summed E-state index contributed by atoms with van der Waals surface area (Å²) in [5.74, 6) is 0. The number of hydrogen-bond acceptors (Lipinski definition) is 3. The van der Waals surface area contributed by atoms with Crippen LogP contribution in [0.3, 0.4) is 0 Å². The normalized spacial score (nSPS) is 19.0. The molecule has 18 heavy (non-hydrogen) atoms. The summed E-state index contributed by atoms with van der Waals surface area (Å²) in [4.78, 5) is 0.314. The third kappa shape index (κ3) is 3.04. The highest BCUT2D eigenvalue weighted by atomic mass is 127. The van der Waals surface area contributed by atoms with Gasteiger partial charge in [-0.15, -0.1) is 0 Å². The highest BCUT2D eigenvalue weighted by Gasteiger charge is 2.36. The van der Waals surface area contributed by atoms with Crippen LogP contribution in [0, 0.1) is 3.57 Å². The molecule has 4 nitrogen and oxygen atoms in total. The summed E-state index contributed by atoms with van der Waals surface area (Å²) in [6, 6.07) is 6.90. The number of sulfonamides is 1. The first-order chi connectivity index (χ1) is 8.47. The van der Waals surface area contributed by atoms with Crippen LogP contribution < -0.4 is 10.5 Å². The summed E-state index contributed by atoms with van der Waals surface area (Å²) in [6.07, 6.45) is 3.72. The zero-order chi connectivity index (χ0) is 13.2. The van der Waals surface area contributed by atoms with Crippen molar-refractivity contribution in [1.29, 1.82) is 0 Å². The Balaban J connectivity index is 2.27. The van der Waals surface area contributed by atoms with Crippen LogP contribution in [0.1, 0.15) is 25.7 Å². The van der Waals surface area contributed by atoms with Crippen LogP contribution in [0.2, 0.25) is 0 Å². The predicted octanol–water partition coefficient (Wildman–Crippen LogP) is 1.84. The smallest absolute Gasteiger partial charge is 0.241 e. The largest absolute Gasteiger partial charge is 0.329 e. The van der Waals surface area contributed by atoms with Gasteiger partial charge in [-0.1, -0.05) is 18.9 Å². The molecule has 1 aliphatic rings. The minimum Gasteiger partial charge on any atom is -0.329 e. The van der Waals surface area contributed by atoms with E-state index in [-0.39, 0.29) is 0 Å². The van der Waals surface area contributed by atoms with E-state index in [0.29, 0.717) is 11.4 Å². The van der Waals surface area contributed by atoms with Crippen LogP contribution >= 0.6 is 22.6 Å². The number of hydrogen-bond donors (Lipinski definition) is 2. The van der Waals surface area contributed by atoms with Crippen molar-refractivity contribution in [3.8, 4) is 0 Å². The Morgan fingerprint density at radius 3 is 2.56 bits per heavy atom. The second kappa shape index (κ2) is 5.44. The first-order valence-corrected chi connectivity index (χ1v) is 8.53. The molecule has 1 saturated carbocycles. The van der Waals surface area contributed by atoms with E-state index >= 15 is 0 Å². The lowest BCUT2D eigenvalue weighted by Gasteiger charge is -2.28. The van der Waals surface area contributed by atoms with Gasteiger partial charge in [0.1, 0.15) is 0 Å². The SMILES string of the molecule is NCC1(NS(=O)(=O)c2cccc(I)c2)CCCC1. The lowest BCUT2D eigenvalue weighted by atomic mass is 10.0. The number of halogens is 1. The predicted molar refractivity (Wildman–Crippen MR) is 79.7 cm³/mol. The Hall–Kier alpha value is -0.180. The lowest BCUT2D eigenvalue weighted by molar-refractivity contribution is 0.399. The van der Waals surface area contributed by atoms with Crippen LogP contribution in [-0.4, -0.2) is 20.5 Å². The van der Waals surface area contributed by atoms with Gasteiger partial charge in [0, 0.05) is 15.7 Å². The average Bonchev–Trinajstić information content (AvgIpc) is 2.77. The van der Waals surface area contributed by atoms with Crippen LogP contribution in [-0.2, 0) is 10.0 Å². The standard InChI is InChI=1S/C12H17IN2O2S/c13-10-4-3-5-11(8-10)18(16,17)15-12(9-14)6-1-2-7-12/h3-5,8,15H,1-2,6-7,9,14H2. The number of nitrogens with two attached hydrogens (primary N) is 1. The topological polar surface area (TPSA) is 72.2 Å². The van der Waals surface area contributed by atoms with E-state index in [1.54, 1.807) is 18.2 Å². The van der Waals surface area contributed by atoms with Gasteiger partial charge in [-0.25, -0.2) is 13.1 Å². The second-order valence-corrected chi connectivity index (χ2v) is 7.68. The van der Waals surface area contributed by atoms with Gasteiger partial charge in [0.15, 0.2) is 0 Å². The van der Waals surface area contributed by atoms with Gasteiger partial charge >= 0.3 is 0 Å². The van der Waals surface area contributed by atoms with Crippen molar-refractivity contribution in [1.82, 2.24) is 4.72 Å². The Labute approximate surface area is 122 Å². The molecule has 0 bridgehead atoms. The van der Waals surface area contributed by atoms with E-state index in [0.717, 1.165) is 29.3 Å². The third-order valence-corrected chi connectivity index (χ3v) is 5.66. The Morgan fingerprint density at radius 1 is 1.33 bits per heavy atom. The maximum atomic E-state index is 12.3. The molecule has 0 aliphatic heterocycles. The molecule has 1 aliphatic carbocycles. The monoisotopic (exact) mass is 380 g/mol. The fourth-order valence-electron chi connectivity index (χ4n) is 2.38. The maximum absolute atomic E-state index is 12.3. The number of rotatable bonds is 4. The summed E-state index contributed by atoms with van der Waals surface area (Å²) >= 11 is 2.11. The minimum atomic E-state index is -3.47. The minimum absolute atomic E-state index is 0.314. The van der Waals surface area contributed by atoms with E-state index in [1.807, 2.05) is 6.07 Å². The van der Waals surface area contributed by atoms with Gasteiger partial charge in [0.25, 0.3) is 0 Å². The van der Waals surface area contributed by atoms with Gasteiger partial charge in [-0.2, -0.15) is 0 Å². The highest BCUT2D eigenvalue weighted by Crippen LogP contribution is 2.30. The molecule has 0 amide bonds. The van der Waals surface area contributed by atoms with Crippen molar-refractivity contribution in [2.75, 3.05) is 6.54 Å².